The van der Waals surface area contributed by atoms with Gasteiger partial charge in [-0.15, -0.1) is 0 Å². The Balaban J connectivity index is 1.89. The predicted molar refractivity (Wildman–Crippen MR) is 294 cm³/mol. The summed E-state index contributed by atoms with van der Waals surface area (Å²) in [6, 6.07) is 25.2. The van der Waals surface area contributed by atoms with Crippen LogP contribution in [-0.2, 0) is 38.5 Å². The molecule has 1 saturated carbocycles. The molecule has 0 saturated heterocycles. The summed E-state index contributed by atoms with van der Waals surface area (Å²) in [6.45, 7) is 16.9. The molecular weight excluding hydrogens is 797 g/mol. The molecule has 1 heteroatoms. The Hall–Kier alpha value is -2.64. The van der Waals surface area contributed by atoms with E-state index in [4.69, 9.17) is 0 Å². The number of benzene rings is 3. The predicted octanol–water partition coefficient (Wildman–Crippen LogP) is 17.8. The molecule has 65 heavy (non-hydrogen) atoms. The summed E-state index contributed by atoms with van der Waals surface area (Å²) in [5, 5.41) is 5.26. The van der Waals surface area contributed by atoms with Crippen LogP contribution < -0.4 is 15.6 Å². The standard InChI is InChI=1S/C64H100Si/c1-8-14-20-26-34-53-43-54(35-27-21-15-9-2)47-60(46-53)65(64-52(7)42-59-40-32-33-41-63(59)64,61-48-55(36-28-22-16-10-3)44-56(49-61)37-29-23-17-11-4)62-50-57(38-30-24-18-12-5)45-58(51-62)39-31-25-19-13-6/h32-33,41,43-52,59,64H,8-31,34-40,42H2,1-7H3. The van der Waals surface area contributed by atoms with Crippen molar-refractivity contribution in [2.24, 2.45) is 11.8 Å². The van der Waals surface area contributed by atoms with E-state index in [1.807, 2.05) is 0 Å². The number of fused-ring (bicyclic) bond motifs is 1. The molecule has 0 heterocycles. The Morgan fingerprint density at radius 3 is 0.954 bits per heavy atom. The van der Waals surface area contributed by atoms with E-state index in [1.165, 1.54) is 205 Å². The summed E-state index contributed by atoms with van der Waals surface area (Å²) in [4.78, 5) is 0. The van der Waals surface area contributed by atoms with Crippen LogP contribution in [0.25, 0.3) is 0 Å². The van der Waals surface area contributed by atoms with E-state index in [0.717, 1.165) is 0 Å². The first-order chi connectivity index (χ1) is 31.9. The van der Waals surface area contributed by atoms with Crippen molar-refractivity contribution < 1.29 is 0 Å². The molecule has 0 amide bonds. The molecule has 5 rings (SSSR count). The monoisotopic (exact) mass is 897 g/mol. The minimum Gasteiger partial charge on any atom is -0.0839 e. The topological polar surface area (TPSA) is 0 Å². The van der Waals surface area contributed by atoms with Gasteiger partial charge in [0.2, 0.25) is 0 Å². The van der Waals surface area contributed by atoms with Gasteiger partial charge in [-0.3, -0.25) is 0 Å². The Labute approximate surface area is 404 Å². The van der Waals surface area contributed by atoms with E-state index in [9.17, 15) is 0 Å². The van der Waals surface area contributed by atoms with Gasteiger partial charge in [-0.25, -0.2) is 0 Å². The minimum absolute atomic E-state index is 0.548. The number of hydrogen-bond acceptors (Lipinski definition) is 0. The summed E-state index contributed by atoms with van der Waals surface area (Å²) in [5.74, 6) is 1.32. The van der Waals surface area contributed by atoms with Crippen LogP contribution in [0.4, 0.5) is 0 Å². The molecule has 0 N–H and O–H groups in total. The van der Waals surface area contributed by atoms with E-state index in [0.29, 0.717) is 17.4 Å². The van der Waals surface area contributed by atoms with Gasteiger partial charge in [0.15, 0.2) is 8.07 Å². The summed E-state index contributed by atoms with van der Waals surface area (Å²) in [6.07, 6.45) is 49.3. The van der Waals surface area contributed by atoms with Gasteiger partial charge in [0.25, 0.3) is 0 Å². The zero-order valence-electron chi connectivity index (χ0n) is 43.8. The van der Waals surface area contributed by atoms with E-state index >= 15 is 0 Å². The maximum Gasteiger partial charge on any atom is 0.155 e. The molecule has 3 aromatic rings. The number of rotatable bonds is 34. The Kier molecular flexibility index (Phi) is 24.6. The number of unbranched alkanes of at least 4 members (excludes halogenated alkanes) is 18. The summed E-state index contributed by atoms with van der Waals surface area (Å²) in [5.41, 5.74) is 12.1. The van der Waals surface area contributed by atoms with Gasteiger partial charge in [-0.1, -0.05) is 242 Å². The number of allylic oxidation sites excluding steroid dienone is 4. The van der Waals surface area contributed by atoms with Crippen LogP contribution in [0.2, 0.25) is 5.54 Å². The highest BCUT2D eigenvalue weighted by Crippen LogP contribution is 2.52. The van der Waals surface area contributed by atoms with Crippen LogP contribution in [-0.4, -0.2) is 8.07 Å². The molecule has 3 unspecified atom stereocenters. The maximum absolute atomic E-state index is 2.86. The van der Waals surface area contributed by atoms with E-state index in [2.05, 4.69) is 121 Å². The SMILES string of the molecule is CCCCCCc1cc(CCCCCC)cc([Si](c2cc(CCCCCC)cc(CCCCCC)c2)(c2cc(CCCCCC)cc(CCCCCC)c2)C2C3=CC=CCC3CC2C)c1. The zero-order valence-corrected chi connectivity index (χ0v) is 44.8. The Morgan fingerprint density at radius 1 is 0.385 bits per heavy atom. The average molecular weight is 898 g/mol. The molecule has 0 nitrogen and oxygen atoms in total. The van der Waals surface area contributed by atoms with Gasteiger partial charge in [0.05, 0.1) is 0 Å². The third kappa shape index (κ3) is 16.0. The van der Waals surface area contributed by atoms with Gasteiger partial charge in [0.1, 0.15) is 0 Å². The maximum atomic E-state index is 2.86. The molecule has 0 aliphatic heterocycles. The third-order valence-corrected chi connectivity index (χ3v) is 21.2. The highest BCUT2D eigenvalue weighted by Gasteiger charge is 2.54. The molecule has 360 valence electrons. The molecular formula is C64H100Si. The lowest BCUT2D eigenvalue weighted by Crippen LogP contribution is -2.71. The van der Waals surface area contributed by atoms with Gasteiger partial charge in [-0.05, 0) is 156 Å². The molecule has 2 aliphatic carbocycles. The highest BCUT2D eigenvalue weighted by atomic mass is 28.3. The summed E-state index contributed by atoms with van der Waals surface area (Å²) >= 11 is 0. The lowest BCUT2D eigenvalue weighted by atomic mass is 9.94. The van der Waals surface area contributed by atoms with Gasteiger partial charge < -0.3 is 0 Å². The Bertz CT molecular complexity index is 1580. The largest absolute Gasteiger partial charge is 0.155 e. The second kappa shape index (κ2) is 30.0. The van der Waals surface area contributed by atoms with Gasteiger partial charge >= 0.3 is 0 Å². The van der Waals surface area contributed by atoms with Gasteiger partial charge in [-0.2, -0.15) is 0 Å². The molecule has 1 fully saturated rings. The molecule has 3 aromatic carbocycles. The van der Waals surface area contributed by atoms with Crippen molar-refractivity contribution in [3.63, 3.8) is 0 Å². The van der Waals surface area contributed by atoms with E-state index in [1.54, 1.807) is 54.5 Å². The average Bonchev–Trinajstić information content (AvgIpc) is 3.65. The van der Waals surface area contributed by atoms with Crippen LogP contribution in [0.1, 0.15) is 249 Å². The van der Waals surface area contributed by atoms with Crippen molar-refractivity contribution in [3.05, 3.63) is 112 Å². The first-order valence-electron chi connectivity index (χ1n) is 28.7. The first-order valence-corrected chi connectivity index (χ1v) is 30.8. The fourth-order valence-electron chi connectivity index (χ4n) is 12.3. The normalized spacial score (nSPS) is 17.2. The summed E-state index contributed by atoms with van der Waals surface area (Å²) < 4.78 is 0. The lowest BCUT2D eigenvalue weighted by molar-refractivity contribution is 0.536. The highest BCUT2D eigenvalue weighted by molar-refractivity contribution is 7.13. The fraction of sp³-hybridized carbons (Fsp3) is 0.656. The molecule has 3 atom stereocenters. The molecule has 0 spiro atoms. The fourth-order valence-corrected chi connectivity index (χ4v) is 18.7. The van der Waals surface area contributed by atoms with Crippen LogP contribution in [0.5, 0.6) is 0 Å². The third-order valence-electron chi connectivity index (χ3n) is 15.8. The van der Waals surface area contributed by atoms with Crippen molar-refractivity contribution in [2.45, 2.75) is 259 Å². The lowest BCUT2D eigenvalue weighted by Gasteiger charge is -2.43. The smallest absolute Gasteiger partial charge is 0.0839 e. The molecule has 0 aromatic heterocycles. The second-order valence-corrected chi connectivity index (χ2v) is 25.5. The van der Waals surface area contributed by atoms with Crippen LogP contribution in [0.3, 0.4) is 0 Å². The van der Waals surface area contributed by atoms with Crippen molar-refractivity contribution in [2.75, 3.05) is 0 Å². The molecule has 2 aliphatic rings. The van der Waals surface area contributed by atoms with Crippen molar-refractivity contribution in [1.82, 2.24) is 0 Å². The quantitative estimate of drug-likeness (QED) is 0.0318. The first kappa shape index (κ1) is 53.3. The molecule has 0 bridgehead atoms. The van der Waals surface area contributed by atoms with Crippen LogP contribution in [0.15, 0.2) is 78.4 Å². The summed E-state index contributed by atoms with van der Waals surface area (Å²) in [7, 11) is -2.78. The molecule has 0 radical (unpaired) electrons. The minimum atomic E-state index is -2.78. The van der Waals surface area contributed by atoms with Crippen molar-refractivity contribution >= 4 is 23.6 Å². The van der Waals surface area contributed by atoms with Gasteiger partial charge in [0, 0.05) is 0 Å². The van der Waals surface area contributed by atoms with Crippen molar-refractivity contribution in [3.8, 4) is 0 Å². The van der Waals surface area contributed by atoms with Crippen LogP contribution >= 0.6 is 0 Å². The van der Waals surface area contributed by atoms with Crippen LogP contribution in [0, 0.1) is 11.8 Å². The van der Waals surface area contributed by atoms with Crippen molar-refractivity contribution in [1.29, 1.82) is 0 Å². The van der Waals surface area contributed by atoms with E-state index < -0.39 is 8.07 Å². The Morgan fingerprint density at radius 2 is 0.677 bits per heavy atom. The number of hydrogen-bond donors (Lipinski definition) is 0. The second-order valence-electron chi connectivity index (χ2n) is 21.5. The van der Waals surface area contributed by atoms with E-state index in [-0.39, 0.29) is 0 Å². The zero-order chi connectivity index (χ0) is 46.1. The number of aryl methyl sites for hydroxylation is 6.